The molecule has 3 heterocycles. The van der Waals surface area contributed by atoms with Gasteiger partial charge in [-0.15, -0.1) is 11.3 Å². The summed E-state index contributed by atoms with van der Waals surface area (Å²) in [5.74, 6) is -0.294. The third-order valence-corrected chi connectivity index (χ3v) is 5.07. The highest BCUT2D eigenvalue weighted by atomic mass is 32.1. The fourth-order valence-electron chi connectivity index (χ4n) is 2.71. The number of carbonyl (C=O) groups is 2. The molecule has 21 heavy (non-hydrogen) atoms. The van der Waals surface area contributed by atoms with Crippen molar-refractivity contribution >= 4 is 33.2 Å². The first-order valence-corrected chi connectivity index (χ1v) is 7.84. The summed E-state index contributed by atoms with van der Waals surface area (Å²) in [5, 5.41) is 5.85. The van der Waals surface area contributed by atoms with Gasteiger partial charge in [0, 0.05) is 12.2 Å². The van der Waals surface area contributed by atoms with E-state index >= 15 is 0 Å². The van der Waals surface area contributed by atoms with Crippen LogP contribution in [-0.2, 0) is 4.79 Å². The number of pyridine rings is 1. The summed E-state index contributed by atoms with van der Waals surface area (Å²) in [5.41, 5.74) is 0.433. The molecule has 5 nitrogen and oxygen atoms in total. The Labute approximate surface area is 127 Å². The molecule has 2 amide bonds. The Morgan fingerprint density at radius 2 is 2.10 bits per heavy atom. The SMILES string of the molecule is CC1NC(=O)C(C)N(C(=O)c2nccc3ccsc23)C1C. The van der Waals surface area contributed by atoms with E-state index in [0.717, 1.165) is 10.1 Å². The Morgan fingerprint density at radius 1 is 1.33 bits per heavy atom. The average molecular weight is 303 g/mol. The van der Waals surface area contributed by atoms with Crippen molar-refractivity contribution in [2.75, 3.05) is 0 Å². The summed E-state index contributed by atoms with van der Waals surface area (Å²) in [4.78, 5) is 30.8. The predicted molar refractivity (Wildman–Crippen MR) is 82.3 cm³/mol. The monoisotopic (exact) mass is 303 g/mol. The van der Waals surface area contributed by atoms with Gasteiger partial charge in [-0.1, -0.05) is 0 Å². The van der Waals surface area contributed by atoms with Crippen molar-refractivity contribution in [3.63, 3.8) is 0 Å². The molecule has 1 N–H and O–H groups in total. The number of hydrogen-bond acceptors (Lipinski definition) is 4. The molecule has 1 aliphatic heterocycles. The Hall–Kier alpha value is -1.95. The van der Waals surface area contributed by atoms with E-state index in [1.807, 2.05) is 31.4 Å². The van der Waals surface area contributed by atoms with Crippen molar-refractivity contribution in [1.29, 1.82) is 0 Å². The first-order chi connectivity index (χ1) is 10.0. The van der Waals surface area contributed by atoms with Gasteiger partial charge in [-0.3, -0.25) is 9.59 Å². The van der Waals surface area contributed by atoms with Gasteiger partial charge in [-0.25, -0.2) is 4.98 Å². The van der Waals surface area contributed by atoms with Gasteiger partial charge in [0.1, 0.15) is 11.7 Å². The van der Waals surface area contributed by atoms with Gasteiger partial charge in [-0.05, 0) is 43.7 Å². The first-order valence-electron chi connectivity index (χ1n) is 6.96. The highest BCUT2D eigenvalue weighted by molar-refractivity contribution is 7.17. The zero-order chi connectivity index (χ0) is 15.1. The van der Waals surface area contributed by atoms with E-state index in [9.17, 15) is 9.59 Å². The van der Waals surface area contributed by atoms with Crippen molar-refractivity contribution in [2.45, 2.75) is 38.9 Å². The molecule has 3 unspecified atom stereocenters. The molecule has 0 bridgehead atoms. The van der Waals surface area contributed by atoms with Gasteiger partial charge in [0.05, 0.1) is 10.7 Å². The van der Waals surface area contributed by atoms with Crippen LogP contribution < -0.4 is 5.32 Å². The Balaban J connectivity index is 2.04. The van der Waals surface area contributed by atoms with Crippen molar-refractivity contribution in [1.82, 2.24) is 15.2 Å². The van der Waals surface area contributed by atoms with Gasteiger partial charge in [0.25, 0.3) is 5.91 Å². The van der Waals surface area contributed by atoms with Crippen LogP contribution in [0.15, 0.2) is 23.7 Å². The molecule has 3 rings (SSSR count). The molecule has 0 aromatic carbocycles. The van der Waals surface area contributed by atoms with E-state index in [1.54, 1.807) is 18.0 Å². The molecular weight excluding hydrogens is 286 g/mol. The molecule has 2 aromatic heterocycles. The van der Waals surface area contributed by atoms with Crippen molar-refractivity contribution < 1.29 is 9.59 Å². The fourth-order valence-corrected chi connectivity index (χ4v) is 3.59. The van der Waals surface area contributed by atoms with E-state index in [4.69, 9.17) is 0 Å². The van der Waals surface area contributed by atoms with Crippen molar-refractivity contribution in [3.8, 4) is 0 Å². The number of amides is 2. The summed E-state index contributed by atoms with van der Waals surface area (Å²) < 4.78 is 0.875. The molecule has 0 aliphatic carbocycles. The number of carbonyl (C=O) groups excluding carboxylic acids is 2. The number of thiophene rings is 1. The molecule has 0 radical (unpaired) electrons. The van der Waals surface area contributed by atoms with E-state index in [1.165, 1.54) is 11.3 Å². The third-order valence-electron chi connectivity index (χ3n) is 4.13. The number of nitrogens with one attached hydrogen (secondary N) is 1. The van der Waals surface area contributed by atoms with Crippen LogP contribution in [0, 0.1) is 0 Å². The average Bonchev–Trinajstić information content (AvgIpc) is 2.93. The minimum Gasteiger partial charge on any atom is -0.350 e. The predicted octanol–water partition coefficient (Wildman–Crippen LogP) is 2.03. The largest absolute Gasteiger partial charge is 0.350 e. The number of aromatic nitrogens is 1. The van der Waals surface area contributed by atoms with Crippen LogP contribution in [-0.4, -0.2) is 39.8 Å². The number of nitrogens with zero attached hydrogens (tertiary/aromatic N) is 2. The number of rotatable bonds is 1. The Morgan fingerprint density at radius 3 is 2.86 bits per heavy atom. The van der Waals surface area contributed by atoms with Gasteiger partial charge in [0.15, 0.2) is 0 Å². The molecule has 3 atom stereocenters. The quantitative estimate of drug-likeness (QED) is 0.877. The fraction of sp³-hybridized carbons (Fsp3) is 0.400. The molecule has 1 aliphatic rings. The lowest BCUT2D eigenvalue weighted by molar-refractivity contribution is -0.130. The summed E-state index contributed by atoms with van der Waals surface area (Å²) in [7, 11) is 0. The minimum atomic E-state index is -0.485. The molecule has 1 saturated heterocycles. The van der Waals surface area contributed by atoms with Crippen LogP contribution in [0.5, 0.6) is 0 Å². The highest BCUT2D eigenvalue weighted by Gasteiger charge is 2.39. The Kier molecular flexibility index (Phi) is 3.41. The van der Waals surface area contributed by atoms with Gasteiger partial charge in [0.2, 0.25) is 5.91 Å². The van der Waals surface area contributed by atoms with Gasteiger partial charge >= 0.3 is 0 Å². The van der Waals surface area contributed by atoms with Crippen LogP contribution in [0.3, 0.4) is 0 Å². The second-order valence-electron chi connectivity index (χ2n) is 5.42. The summed E-state index contributed by atoms with van der Waals surface area (Å²) >= 11 is 1.50. The summed E-state index contributed by atoms with van der Waals surface area (Å²) in [6.07, 6.45) is 1.64. The molecule has 110 valence electrons. The maximum absolute atomic E-state index is 12.9. The van der Waals surface area contributed by atoms with Crippen LogP contribution in [0.4, 0.5) is 0 Å². The van der Waals surface area contributed by atoms with Crippen LogP contribution >= 0.6 is 11.3 Å². The minimum absolute atomic E-state index is 0.0674. The zero-order valence-corrected chi connectivity index (χ0v) is 13.0. The zero-order valence-electron chi connectivity index (χ0n) is 12.2. The molecule has 1 fully saturated rings. The molecule has 0 spiro atoms. The van der Waals surface area contributed by atoms with Crippen LogP contribution in [0.1, 0.15) is 31.3 Å². The van der Waals surface area contributed by atoms with E-state index < -0.39 is 6.04 Å². The molecule has 2 aromatic rings. The van der Waals surface area contributed by atoms with Gasteiger partial charge in [-0.2, -0.15) is 0 Å². The number of piperazine rings is 1. The number of fused-ring (bicyclic) bond motifs is 1. The summed E-state index contributed by atoms with van der Waals surface area (Å²) in [6, 6.07) is 3.24. The lowest BCUT2D eigenvalue weighted by atomic mass is 10.0. The van der Waals surface area contributed by atoms with Crippen LogP contribution in [0.2, 0.25) is 0 Å². The second kappa shape index (κ2) is 5.11. The lowest BCUT2D eigenvalue weighted by Gasteiger charge is -2.42. The molecule has 6 heteroatoms. The topological polar surface area (TPSA) is 62.3 Å². The second-order valence-corrected chi connectivity index (χ2v) is 6.34. The van der Waals surface area contributed by atoms with Crippen molar-refractivity contribution in [3.05, 3.63) is 29.4 Å². The van der Waals surface area contributed by atoms with Gasteiger partial charge < -0.3 is 10.2 Å². The van der Waals surface area contributed by atoms with E-state index in [-0.39, 0.29) is 23.9 Å². The van der Waals surface area contributed by atoms with Crippen molar-refractivity contribution in [2.24, 2.45) is 0 Å². The third kappa shape index (κ3) is 2.19. The van der Waals surface area contributed by atoms with E-state index in [0.29, 0.717) is 5.69 Å². The molecule has 0 saturated carbocycles. The highest BCUT2D eigenvalue weighted by Crippen LogP contribution is 2.26. The van der Waals surface area contributed by atoms with Crippen LogP contribution in [0.25, 0.3) is 10.1 Å². The van der Waals surface area contributed by atoms with E-state index in [2.05, 4.69) is 10.3 Å². The maximum atomic E-state index is 12.9. The molecular formula is C15H17N3O2S. The normalized spacial score (nSPS) is 26.0. The summed E-state index contributed by atoms with van der Waals surface area (Å²) in [6.45, 7) is 5.62. The maximum Gasteiger partial charge on any atom is 0.274 e. The lowest BCUT2D eigenvalue weighted by Crippen LogP contribution is -2.64. The smallest absolute Gasteiger partial charge is 0.274 e. The standard InChI is InChI=1S/C15H17N3O2S/c1-8-9(2)18(10(3)14(19)17-8)15(20)12-13-11(4-6-16-12)5-7-21-13/h4-10H,1-3H3,(H,17,19). The first kappa shape index (κ1) is 14.0. The Bertz CT molecular complexity index is 712. The number of hydrogen-bond donors (Lipinski definition) is 1.